The molecule has 7 heteroatoms. The third-order valence-corrected chi connectivity index (χ3v) is 3.90. The highest BCUT2D eigenvalue weighted by molar-refractivity contribution is 5.65. The van der Waals surface area contributed by atoms with E-state index in [9.17, 15) is 20.1 Å². The molecule has 1 aliphatic rings. The summed E-state index contributed by atoms with van der Waals surface area (Å²) in [5.74, 6) is -0.508. The van der Waals surface area contributed by atoms with Crippen molar-refractivity contribution in [3.05, 3.63) is 0 Å². The van der Waals surface area contributed by atoms with Crippen molar-refractivity contribution in [2.75, 3.05) is 13.2 Å². The second-order valence-electron chi connectivity index (χ2n) is 5.96. The van der Waals surface area contributed by atoms with E-state index in [0.29, 0.717) is 6.61 Å². The minimum Gasteiger partial charge on any atom is -0.463 e. The van der Waals surface area contributed by atoms with Gasteiger partial charge in [-0.05, 0) is 6.42 Å². The van der Waals surface area contributed by atoms with Crippen molar-refractivity contribution in [3.8, 4) is 0 Å². The van der Waals surface area contributed by atoms with E-state index in [2.05, 4.69) is 6.92 Å². The number of aliphatic hydroxyl groups excluding tert-OH is 3. The Bertz CT molecular complexity index is 336. The Morgan fingerprint density at radius 3 is 2.30 bits per heavy atom. The number of unbranched alkanes of at least 4 members (excludes halogenated alkanes) is 5. The molecule has 0 amide bonds. The summed E-state index contributed by atoms with van der Waals surface area (Å²) in [6, 6.07) is 0. The van der Waals surface area contributed by atoms with Gasteiger partial charge in [-0.1, -0.05) is 39.0 Å². The Morgan fingerprint density at radius 2 is 1.65 bits per heavy atom. The van der Waals surface area contributed by atoms with Crippen LogP contribution in [-0.4, -0.2) is 65.2 Å². The molecule has 1 fully saturated rings. The highest BCUT2D eigenvalue weighted by Gasteiger charge is 2.44. The minimum absolute atomic E-state index is 0.197. The summed E-state index contributed by atoms with van der Waals surface area (Å²) in [4.78, 5) is 10.8. The van der Waals surface area contributed by atoms with E-state index >= 15 is 0 Å². The van der Waals surface area contributed by atoms with E-state index < -0.39 is 36.7 Å². The van der Waals surface area contributed by atoms with Crippen LogP contribution in [0.1, 0.15) is 52.4 Å². The van der Waals surface area contributed by atoms with Crippen LogP contribution in [0.2, 0.25) is 0 Å². The van der Waals surface area contributed by atoms with Crippen molar-refractivity contribution in [2.45, 2.75) is 83.1 Å². The predicted octanol–water partition coefficient (Wildman–Crippen LogP) is 0.734. The highest BCUT2D eigenvalue weighted by Crippen LogP contribution is 2.22. The third kappa shape index (κ3) is 7.14. The van der Waals surface area contributed by atoms with Gasteiger partial charge in [0.2, 0.25) is 0 Å². The molecule has 0 aliphatic carbocycles. The third-order valence-electron chi connectivity index (χ3n) is 3.90. The maximum Gasteiger partial charge on any atom is 0.302 e. The number of hydrogen-bond acceptors (Lipinski definition) is 7. The number of rotatable bonds is 10. The largest absolute Gasteiger partial charge is 0.463 e. The summed E-state index contributed by atoms with van der Waals surface area (Å²) < 4.78 is 15.7. The molecule has 1 saturated heterocycles. The highest BCUT2D eigenvalue weighted by atomic mass is 16.7. The van der Waals surface area contributed by atoms with Gasteiger partial charge in [-0.2, -0.15) is 0 Å². The van der Waals surface area contributed by atoms with Gasteiger partial charge in [-0.3, -0.25) is 4.79 Å². The van der Waals surface area contributed by atoms with Gasteiger partial charge < -0.3 is 29.5 Å². The van der Waals surface area contributed by atoms with Gasteiger partial charge in [0, 0.05) is 13.5 Å². The van der Waals surface area contributed by atoms with Gasteiger partial charge in [0.1, 0.15) is 31.0 Å². The van der Waals surface area contributed by atoms with Crippen molar-refractivity contribution in [1.82, 2.24) is 0 Å². The lowest BCUT2D eigenvalue weighted by Gasteiger charge is -2.39. The first-order valence-electron chi connectivity index (χ1n) is 8.42. The summed E-state index contributed by atoms with van der Waals surface area (Å²) in [6.45, 7) is 3.61. The molecule has 0 spiro atoms. The zero-order valence-electron chi connectivity index (χ0n) is 14.0. The molecule has 0 radical (unpaired) electrons. The maximum absolute atomic E-state index is 10.8. The van der Waals surface area contributed by atoms with Crippen molar-refractivity contribution in [1.29, 1.82) is 0 Å². The van der Waals surface area contributed by atoms with Gasteiger partial charge in [0.05, 0.1) is 0 Å². The summed E-state index contributed by atoms with van der Waals surface area (Å²) in [7, 11) is 0. The molecule has 3 unspecified atom stereocenters. The van der Waals surface area contributed by atoms with E-state index in [1.165, 1.54) is 26.2 Å². The first-order valence-corrected chi connectivity index (χ1v) is 8.42. The SMILES string of the molecule is CCCCCCCCO[C@@H]1OC(COC(C)=O)[C@@H](O)C(O)C1O. The summed E-state index contributed by atoms with van der Waals surface area (Å²) >= 11 is 0. The molecule has 1 heterocycles. The number of ether oxygens (including phenoxy) is 3. The first-order chi connectivity index (χ1) is 11.0. The Hall–Kier alpha value is -0.730. The van der Waals surface area contributed by atoms with Crippen LogP contribution in [0.5, 0.6) is 0 Å². The number of esters is 1. The van der Waals surface area contributed by atoms with Crippen LogP contribution < -0.4 is 0 Å². The first kappa shape index (κ1) is 20.3. The van der Waals surface area contributed by atoms with Crippen LogP contribution in [0.15, 0.2) is 0 Å². The molecule has 5 atom stereocenters. The van der Waals surface area contributed by atoms with Crippen LogP contribution in [0.25, 0.3) is 0 Å². The molecular weight excluding hydrogens is 304 g/mol. The second kappa shape index (κ2) is 10.9. The van der Waals surface area contributed by atoms with Gasteiger partial charge in [-0.15, -0.1) is 0 Å². The van der Waals surface area contributed by atoms with Crippen molar-refractivity contribution in [3.63, 3.8) is 0 Å². The molecule has 1 rings (SSSR count). The van der Waals surface area contributed by atoms with Gasteiger partial charge >= 0.3 is 5.97 Å². The zero-order chi connectivity index (χ0) is 17.2. The number of carbonyl (C=O) groups is 1. The monoisotopic (exact) mass is 334 g/mol. The van der Waals surface area contributed by atoms with Crippen molar-refractivity contribution >= 4 is 5.97 Å². The van der Waals surface area contributed by atoms with E-state index in [0.717, 1.165) is 19.3 Å². The lowest BCUT2D eigenvalue weighted by molar-refractivity contribution is -0.301. The fourth-order valence-corrected chi connectivity index (χ4v) is 2.47. The van der Waals surface area contributed by atoms with E-state index in [1.54, 1.807) is 0 Å². The predicted molar refractivity (Wildman–Crippen MR) is 82.6 cm³/mol. The molecule has 0 aromatic rings. The van der Waals surface area contributed by atoms with Crippen LogP contribution in [-0.2, 0) is 19.0 Å². The van der Waals surface area contributed by atoms with Crippen LogP contribution in [0, 0.1) is 0 Å². The molecule has 0 saturated carbocycles. The molecule has 23 heavy (non-hydrogen) atoms. The standard InChI is InChI=1S/C16H30O7/c1-3-4-5-6-7-8-9-21-16-15(20)14(19)13(18)12(23-16)10-22-11(2)17/h12-16,18-20H,3-10H2,1-2H3/t12?,13-,14?,15?,16-/m1/s1. The molecule has 136 valence electrons. The lowest BCUT2D eigenvalue weighted by Crippen LogP contribution is -2.59. The van der Waals surface area contributed by atoms with Crippen LogP contribution in [0.4, 0.5) is 0 Å². The van der Waals surface area contributed by atoms with Crippen molar-refractivity contribution < 1.29 is 34.3 Å². The van der Waals surface area contributed by atoms with Gasteiger partial charge in [0.15, 0.2) is 6.29 Å². The van der Waals surface area contributed by atoms with Crippen molar-refractivity contribution in [2.24, 2.45) is 0 Å². The topological polar surface area (TPSA) is 105 Å². The molecule has 1 aliphatic heterocycles. The Morgan fingerprint density at radius 1 is 1.00 bits per heavy atom. The minimum atomic E-state index is -1.40. The quantitative estimate of drug-likeness (QED) is 0.399. The van der Waals surface area contributed by atoms with Crippen LogP contribution >= 0.6 is 0 Å². The van der Waals surface area contributed by atoms with E-state index in [1.807, 2.05) is 0 Å². The molecule has 0 bridgehead atoms. The average molecular weight is 334 g/mol. The fourth-order valence-electron chi connectivity index (χ4n) is 2.47. The number of aliphatic hydroxyl groups is 3. The Labute approximate surface area is 137 Å². The number of hydrogen-bond donors (Lipinski definition) is 3. The molecular formula is C16H30O7. The van der Waals surface area contributed by atoms with E-state index in [-0.39, 0.29) is 6.61 Å². The Balaban J connectivity index is 2.33. The average Bonchev–Trinajstić information content (AvgIpc) is 2.52. The lowest BCUT2D eigenvalue weighted by atomic mass is 9.99. The summed E-state index contributed by atoms with van der Waals surface area (Å²) in [5.41, 5.74) is 0. The summed E-state index contributed by atoms with van der Waals surface area (Å²) in [5, 5.41) is 29.6. The Kier molecular flexibility index (Phi) is 9.66. The smallest absolute Gasteiger partial charge is 0.302 e. The van der Waals surface area contributed by atoms with Crippen LogP contribution in [0.3, 0.4) is 0 Å². The fraction of sp³-hybridized carbons (Fsp3) is 0.938. The molecule has 3 N–H and O–H groups in total. The summed E-state index contributed by atoms with van der Waals surface area (Å²) in [6.07, 6.45) is 0.604. The normalized spacial score (nSPS) is 31.1. The molecule has 0 aromatic heterocycles. The molecule has 0 aromatic carbocycles. The maximum atomic E-state index is 10.8. The zero-order valence-corrected chi connectivity index (χ0v) is 14.0. The second-order valence-corrected chi connectivity index (χ2v) is 5.96. The van der Waals surface area contributed by atoms with E-state index in [4.69, 9.17) is 14.2 Å². The van der Waals surface area contributed by atoms with Gasteiger partial charge in [-0.25, -0.2) is 0 Å². The molecule has 7 nitrogen and oxygen atoms in total. The number of carbonyl (C=O) groups excluding carboxylic acids is 1. The van der Waals surface area contributed by atoms with Gasteiger partial charge in [0.25, 0.3) is 0 Å².